The van der Waals surface area contributed by atoms with Crippen LogP contribution in [0.15, 0.2) is 46.9 Å². The number of hydrogen-bond acceptors (Lipinski definition) is 9. The second kappa shape index (κ2) is 7.75. The smallest absolute Gasteiger partial charge is 0.241 e. The van der Waals surface area contributed by atoms with Crippen molar-refractivity contribution in [2.75, 3.05) is 6.26 Å². The Morgan fingerprint density at radius 1 is 1.10 bits per heavy atom. The third kappa shape index (κ3) is 4.63. The zero-order valence-corrected chi connectivity index (χ0v) is 18.3. The molecule has 162 valence electrons. The van der Waals surface area contributed by atoms with Crippen LogP contribution in [0.4, 0.5) is 4.39 Å². The third-order valence-corrected chi connectivity index (χ3v) is 7.40. The van der Waals surface area contributed by atoms with Gasteiger partial charge in [-0.25, -0.2) is 31.3 Å². The van der Waals surface area contributed by atoms with Crippen LogP contribution in [0, 0.1) is 5.82 Å². The van der Waals surface area contributed by atoms with Crippen molar-refractivity contribution in [3.05, 3.63) is 65.1 Å². The largest absolute Gasteiger partial charge is 0.422 e. The van der Waals surface area contributed by atoms with Crippen molar-refractivity contribution in [2.24, 2.45) is 5.14 Å². The first-order valence-corrected chi connectivity index (χ1v) is 13.2. The second-order valence-corrected chi connectivity index (χ2v) is 11.6. The van der Waals surface area contributed by atoms with Crippen LogP contribution in [0.1, 0.15) is 22.0 Å². The molecule has 0 fully saturated rings. The molecule has 9 nitrogen and oxygen atoms in total. The molecule has 1 unspecified atom stereocenters. The minimum Gasteiger partial charge on any atom is -0.422 e. The van der Waals surface area contributed by atoms with Gasteiger partial charge in [-0.1, -0.05) is 30.3 Å². The van der Waals surface area contributed by atoms with E-state index >= 15 is 0 Å². The lowest BCUT2D eigenvalue weighted by atomic mass is 10.1. The molecule has 13 heteroatoms. The SMILES string of the molecule is CS(=O)(=O)C(c1nnc(CS(N)(=O)=O)o1)c1nc2c(F)cc(-c3ccccc3)cc2s1. The van der Waals surface area contributed by atoms with E-state index in [1.54, 1.807) is 6.07 Å². The van der Waals surface area contributed by atoms with Gasteiger partial charge in [0.1, 0.15) is 16.3 Å². The van der Waals surface area contributed by atoms with Gasteiger partial charge in [-0.2, -0.15) is 0 Å². The minimum atomic E-state index is -3.96. The van der Waals surface area contributed by atoms with Crippen molar-refractivity contribution in [1.29, 1.82) is 0 Å². The third-order valence-electron chi connectivity index (χ3n) is 4.26. The summed E-state index contributed by atoms with van der Waals surface area (Å²) in [5.74, 6) is -2.08. The molecule has 2 heterocycles. The van der Waals surface area contributed by atoms with Gasteiger partial charge in [0.25, 0.3) is 0 Å². The Kier molecular flexibility index (Phi) is 5.37. The standard InChI is InChI=1S/C18H15FN4O5S3/c1-30(24,25)16(17-23-22-14(28-17)9-31(20,26)27)18-21-15-12(19)7-11(8-13(15)29-18)10-5-3-2-4-6-10/h2-8,16H,9H2,1H3,(H2,20,26,27). The average Bonchev–Trinajstić information content (AvgIpc) is 3.27. The Labute approximate surface area is 180 Å². The summed E-state index contributed by atoms with van der Waals surface area (Å²) in [6.07, 6.45) is 0.943. The predicted molar refractivity (Wildman–Crippen MR) is 113 cm³/mol. The van der Waals surface area contributed by atoms with Gasteiger partial charge in [0, 0.05) is 6.26 Å². The van der Waals surface area contributed by atoms with E-state index in [-0.39, 0.29) is 22.3 Å². The maximum absolute atomic E-state index is 14.8. The van der Waals surface area contributed by atoms with E-state index < -0.39 is 36.7 Å². The van der Waals surface area contributed by atoms with Gasteiger partial charge in [-0.05, 0) is 23.3 Å². The molecule has 1 atom stereocenters. The van der Waals surface area contributed by atoms with Gasteiger partial charge in [-0.15, -0.1) is 21.5 Å². The summed E-state index contributed by atoms with van der Waals surface area (Å²) in [7, 11) is -7.83. The molecular weight excluding hydrogens is 467 g/mol. The van der Waals surface area contributed by atoms with Crippen LogP contribution < -0.4 is 5.14 Å². The van der Waals surface area contributed by atoms with Gasteiger partial charge >= 0.3 is 0 Å². The molecule has 0 bridgehead atoms. The van der Waals surface area contributed by atoms with Gasteiger partial charge in [0.2, 0.25) is 21.8 Å². The van der Waals surface area contributed by atoms with Crippen molar-refractivity contribution in [2.45, 2.75) is 11.0 Å². The molecule has 2 N–H and O–H groups in total. The number of thiazole rings is 1. The fourth-order valence-corrected chi connectivity index (χ4v) is 6.00. The van der Waals surface area contributed by atoms with E-state index in [4.69, 9.17) is 9.56 Å². The highest BCUT2D eigenvalue weighted by Crippen LogP contribution is 2.37. The number of hydrogen-bond donors (Lipinski definition) is 1. The molecule has 0 aliphatic rings. The second-order valence-electron chi connectivity index (χ2n) is 6.77. The lowest BCUT2D eigenvalue weighted by Gasteiger charge is -2.07. The number of fused-ring (bicyclic) bond motifs is 1. The highest BCUT2D eigenvalue weighted by atomic mass is 32.2. The van der Waals surface area contributed by atoms with Crippen LogP contribution in [-0.2, 0) is 25.6 Å². The van der Waals surface area contributed by atoms with E-state index in [1.165, 1.54) is 6.07 Å². The van der Waals surface area contributed by atoms with Crippen LogP contribution >= 0.6 is 11.3 Å². The van der Waals surface area contributed by atoms with Gasteiger partial charge < -0.3 is 4.42 Å². The number of sulfonamides is 1. The van der Waals surface area contributed by atoms with Crippen molar-refractivity contribution < 1.29 is 25.6 Å². The fourth-order valence-electron chi connectivity index (χ4n) is 2.99. The van der Waals surface area contributed by atoms with E-state index in [2.05, 4.69) is 15.2 Å². The summed E-state index contributed by atoms with van der Waals surface area (Å²) < 4.78 is 67.9. The zero-order chi connectivity index (χ0) is 22.4. The number of halogens is 1. The summed E-state index contributed by atoms with van der Waals surface area (Å²) in [4.78, 5) is 4.17. The van der Waals surface area contributed by atoms with Crippen LogP contribution in [0.2, 0.25) is 0 Å². The Bertz CT molecular complexity index is 1480. The van der Waals surface area contributed by atoms with E-state index in [1.807, 2.05) is 30.3 Å². The molecule has 0 saturated heterocycles. The number of rotatable bonds is 6. The number of sulfone groups is 1. The van der Waals surface area contributed by atoms with Crippen LogP contribution in [-0.4, -0.2) is 38.3 Å². The Balaban J connectivity index is 1.81. The summed E-state index contributed by atoms with van der Waals surface area (Å²) in [5.41, 5.74) is 1.42. The van der Waals surface area contributed by atoms with Gasteiger partial charge in [0.05, 0.1) is 4.70 Å². The van der Waals surface area contributed by atoms with Crippen molar-refractivity contribution in [1.82, 2.24) is 15.2 Å². The molecule has 0 amide bonds. The lowest BCUT2D eigenvalue weighted by Crippen LogP contribution is -2.14. The first-order chi connectivity index (χ1) is 14.5. The average molecular weight is 483 g/mol. The molecule has 2 aromatic heterocycles. The Hall–Kier alpha value is -2.74. The maximum atomic E-state index is 14.8. The quantitative estimate of drug-likeness (QED) is 0.441. The topological polar surface area (TPSA) is 146 Å². The molecule has 0 aliphatic heterocycles. The molecule has 0 radical (unpaired) electrons. The van der Waals surface area contributed by atoms with Crippen molar-refractivity contribution in [3.63, 3.8) is 0 Å². The fraction of sp³-hybridized carbons (Fsp3) is 0.167. The highest BCUT2D eigenvalue weighted by Gasteiger charge is 2.34. The monoisotopic (exact) mass is 482 g/mol. The van der Waals surface area contributed by atoms with E-state index in [0.717, 1.165) is 23.2 Å². The molecule has 0 aliphatic carbocycles. The molecule has 0 spiro atoms. The summed E-state index contributed by atoms with van der Waals surface area (Å²) in [6, 6.07) is 12.2. The lowest BCUT2D eigenvalue weighted by molar-refractivity contribution is 0.461. The van der Waals surface area contributed by atoms with Gasteiger partial charge in [-0.3, -0.25) is 0 Å². The van der Waals surface area contributed by atoms with Crippen molar-refractivity contribution >= 4 is 41.4 Å². The molecule has 2 aromatic carbocycles. The predicted octanol–water partition coefficient (Wildman–Crippen LogP) is 2.41. The highest BCUT2D eigenvalue weighted by molar-refractivity contribution is 7.91. The first kappa shape index (κ1) is 21.5. The minimum absolute atomic E-state index is 0.0117. The van der Waals surface area contributed by atoms with Crippen LogP contribution in [0.25, 0.3) is 21.3 Å². The summed E-state index contributed by atoms with van der Waals surface area (Å²) in [6.45, 7) is 0. The Morgan fingerprint density at radius 2 is 1.81 bits per heavy atom. The molecule has 31 heavy (non-hydrogen) atoms. The van der Waals surface area contributed by atoms with E-state index in [0.29, 0.717) is 10.3 Å². The van der Waals surface area contributed by atoms with Crippen LogP contribution in [0.3, 0.4) is 0 Å². The number of benzene rings is 2. The number of nitrogens with two attached hydrogens (primary N) is 1. The summed E-state index contributed by atoms with van der Waals surface area (Å²) in [5, 5.41) is 10.7. The number of primary sulfonamides is 1. The zero-order valence-electron chi connectivity index (χ0n) is 15.9. The van der Waals surface area contributed by atoms with E-state index in [9.17, 15) is 21.2 Å². The molecule has 0 saturated carbocycles. The molecule has 4 rings (SSSR count). The number of aromatic nitrogens is 3. The number of nitrogens with zero attached hydrogens (tertiary/aromatic N) is 3. The molecular formula is C18H15FN4O5S3. The maximum Gasteiger partial charge on any atom is 0.241 e. The van der Waals surface area contributed by atoms with Gasteiger partial charge in [0.15, 0.2) is 20.9 Å². The first-order valence-electron chi connectivity index (χ1n) is 8.68. The molecule has 4 aromatic rings. The van der Waals surface area contributed by atoms with Crippen LogP contribution in [0.5, 0.6) is 0 Å². The van der Waals surface area contributed by atoms with Crippen molar-refractivity contribution in [3.8, 4) is 11.1 Å². The normalized spacial score (nSPS) is 13.5. The Morgan fingerprint density at radius 3 is 2.45 bits per heavy atom. The summed E-state index contributed by atoms with van der Waals surface area (Å²) >= 11 is 0.971.